The Labute approximate surface area is 88.5 Å². The molecule has 15 heavy (non-hydrogen) atoms. The van der Waals surface area contributed by atoms with Crippen LogP contribution in [0.2, 0.25) is 0 Å². The summed E-state index contributed by atoms with van der Waals surface area (Å²) in [6.07, 6.45) is 1.34. The highest BCUT2D eigenvalue weighted by molar-refractivity contribution is 5.29. The minimum Gasteiger partial charge on any atom is -0.385 e. The molecule has 0 aliphatic carbocycles. The minimum absolute atomic E-state index is 0.302. The largest absolute Gasteiger partial charge is 0.385 e. The second-order valence-corrected chi connectivity index (χ2v) is 4.02. The molecule has 1 unspecified atom stereocenters. The van der Waals surface area contributed by atoms with Crippen molar-refractivity contribution in [2.24, 2.45) is 5.73 Å². The molecule has 1 fully saturated rings. The number of aromatic nitrogens is 3. The summed E-state index contributed by atoms with van der Waals surface area (Å²) in [5.74, 6) is 1.18. The summed E-state index contributed by atoms with van der Waals surface area (Å²) in [6.45, 7) is 3.44. The monoisotopic (exact) mass is 211 g/mol. The van der Waals surface area contributed by atoms with E-state index in [2.05, 4.69) is 20.1 Å². The lowest BCUT2D eigenvalue weighted by molar-refractivity contribution is 0.189. The van der Waals surface area contributed by atoms with Gasteiger partial charge in [0.1, 0.15) is 6.10 Å². The number of aliphatic hydroxyl groups is 1. The number of anilines is 1. The molecule has 1 atom stereocenters. The molecule has 84 valence electrons. The van der Waals surface area contributed by atoms with Gasteiger partial charge in [0.15, 0.2) is 5.82 Å². The van der Waals surface area contributed by atoms with Crippen LogP contribution in [-0.2, 0) is 0 Å². The Bertz CT molecular complexity index is 316. The highest BCUT2D eigenvalue weighted by Gasteiger charge is 2.20. The van der Waals surface area contributed by atoms with Gasteiger partial charge in [-0.15, -0.1) is 5.10 Å². The maximum Gasteiger partial charge on any atom is 0.244 e. The van der Waals surface area contributed by atoms with E-state index in [1.807, 2.05) is 0 Å². The normalized spacial score (nSPS) is 20.6. The average molecular weight is 211 g/mol. The van der Waals surface area contributed by atoms with Crippen molar-refractivity contribution >= 4 is 5.95 Å². The highest BCUT2D eigenvalue weighted by atomic mass is 16.3. The van der Waals surface area contributed by atoms with Crippen molar-refractivity contribution in [1.82, 2.24) is 15.2 Å². The van der Waals surface area contributed by atoms with Crippen LogP contribution in [0.15, 0.2) is 0 Å². The smallest absolute Gasteiger partial charge is 0.244 e. The molecular weight excluding hydrogens is 194 g/mol. The Morgan fingerprint density at radius 1 is 1.53 bits per heavy atom. The van der Waals surface area contributed by atoms with E-state index >= 15 is 0 Å². The number of H-pyrrole nitrogens is 1. The van der Waals surface area contributed by atoms with Crippen LogP contribution in [0.25, 0.3) is 0 Å². The second-order valence-electron chi connectivity index (χ2n) is 4.02. The first-order chi connectivity index (χ1) is 7.16. The van der Waals surface area contributed by atoms with E-state index in [-0.39, 0.29) is 0 Å². The van der Waals surface area contributed by atoms with Crippen molar-refractivity contribution in [3.63, 3.8) is 0 Å². The molecule has 0 aromatic carbocycles. The van der Waals surface area contributed by atoms with Gasteiger partial charge in [0.05, 0.1) is 0 Å². The maximum atomic E-state index is 9.31. The average Bonchev–Trinajstić information content (AvgIpc) is 2.68. The van der Waals surface area contributed by atoms with Crippen LogP contribution in [0.4, 0.5) is 5.95 Å². The molecule has 1 aliphatic heterocycles. The summed E-state index contributed by atoms with van der Waals surface area (Å²) in [4.78, 5) is 6.32. The van der Waals surface area contributed by atoms with E-state index in [4.69, 9.17) is 5.73 Å². The molecule has 1 aromatic rings. The topological polar surface area (TPSA) is 91.1 Å². The second kappa shape index (κ2) is 4.16. The van der Waals surface area contributed by atoms with Gasteiger partial charge in [0.25, 0.3) is 0 Å². The third-order valence-electron chi connectivity index (χ3n) is 2.71. The number of hydrogen-bond acceptors (Lipinski definition) is 5. The fourth-order valence-corrected chi connectivity index (χ4v) is 1.69. The quantitative estimate of drug-likeness (QED) is 0.629. The lowest BCUT2D eigenvalue weighted by atomic mass is 10.1. The molecular formula is C9H17N5O. The Balaban J connectivity index is 2.03. The van der Waals surface area contributed by atoms with E-state index in [9.17, 15) is 5.11 Å². The number of hydrogen-bond donors (Lipinski definition) is 3. The van der Waals surface area contributed by atoms with Crippen LogP contribution in [0.5, 0.6) is 0 Å². The van der Waals surface area contributed by atoms with Crippen molar-refractivity contribution < 1.29 is 5.11 Å². The van der Waals surface area contributed by atoms with Gasteiger partial charge in [0, 0.05) is 19.1 Å². The molecule has 0 amide bonds. The Morgan fingerprint density at radius 2 is 2.20 bits per heavy atom. The molecule has 0 spiro atoms. The Kier molecular flexibility index (Phi) is 2.88. The number of rotatable bonds is 2. The molecule has 4 N–H and O–H groups in total. The molecule has 1 saturated heterocycles. The van der Waals surface area contributed by atoms with Gasteiger partial charge in [-0.1, -0.05) is 0 Å². The standard InChI is InChI=1S/C9H17N5O/c1-6(15)8-11-9(13-12-8)14-4-2-7(10)3-5-14/h6-7,15H,2-5,10H2,1H3,(H,11,12,13). The fraction of sp³-hybridized carbons (Fsp3) is 0.778. The molecule has 0 radical (unpaired) electrons. The fourth-order valence-electron chi connectivity index (χ4n) is 1.69. The number of nitrogens with zero attached hydrogens (tertiary/aromatic N) is 3. The summed E-state index contributed by atoms with van der Waals surface area (Å²) in [7, 11) is 0. The Hall–Kier alpha value is -1.14. The molecule has 6 heteroatoms. The van der Waals surface area contributed by atoms with E-state index in [1.54, 1.807) is 6.92 Å². The third kappa shape index (κ3) is 2.27. The van der Waals surface area contributed by atoms with Crippen LogP contribution >= 0.6 is 0 Å². The zero-order valence-corrected chi connectivity index (χ0v) is 8.85. The van der Waals surface area contributed by atoms with Crippen LogP contribution < -0.4 is 10.6 Å². The van der Waals surface area contributed by atoms with Gasteiger partial charge >= 0.3 is 0 Å². The van der Waals surface area contributed by atoms with Crippen molar-refractivity contribution in [1.29, 1.82) is 0 Å². The molecule has 0 bridgehead atoms. The predicted octanol–water partition coefficient (Wildman–Crippen LogP) is -0.215. The molecule has 0 saturated carbocycles. The Morgan fingerprint density at radius 3 is 2.73 bits per heavy atom. The SMILES string of the molecule is CC(O)c1nc(N2CCC(N)CC2)n[nH]1. The van der Waals surface area contributed by atoms with E-state index < -0.39 is 6.10 Å². The van der Waals surface area contributed by atoms with E-state index in [0.717, 1.165) is 25.9 Å². The zero-order chi connectivity index (χ0) is 10.8. The van der Waals surface area contributed by atoms with Gasteiger partial charge in [-0.3, -0.25) is 5.10 Å². The number of nitrogens with two attached hydrogens (primary N) is 1. The lowest BCUT2D eigenvalue weighted by Gasteiger charge is -2.28. The van der Waals surface area contributed by atoms with Crippen molar-refractivity contribution in [3.8, 4) is 0 Å². The van der Waals surface area contributed by atoms with Crippen molar-refractivity contribution in [3.05, 3.63) is 5.82 Å². The summed E-state index contributed by atoms with van der Waals surface area (Å²) < 4.78 is 0. The van der Waals surface area contributed by atoms with Gasteiger partial charge in [-0.05, 0) is 19.8 Å². The number of nitrogens with one attached hydrogen (secondary N) is 1. The van der Waals surface area contributed by atoms with E-state index in [0.29, 0.717) is 17.8 Å². The van der Waals surface area contributed by atoms with E-state index in [1.165, 1.54) is 0 Å². The van der Waals surface area contributed by atoms with Gasteiger partial charge in [0.2, 0.25) is 5.95 Å². The number of piperidine rings is 1. The highest BCUT2D eigenvalue weighted by Crippen LogP contribution is 2.16. The molecule has 2 heterocycles. The first kappa shape index (κ1) is 10.4. The first-order valence-corrected chi connectivity index (χ1v) is 5.27. The number of aromatic amines is 1. The van der Waals surface area contributed by atoms with Crippen molar-refractivity contribution in [2.75, 3.05) is 18.0 Å². The molecule has 2 rings (SSSR count). The van der Waals surface area contributed by atoms with Crippen LogP contribution in [0, 0.1) is 0 Å². The summed E-state index contributed by atoms with van der Waals surface area (Å²) in [5.41, 5.74) is 5.81. The predicted molar refractivity (Wildman–Crippen MR) is 56.4 cm³/mol. The third-order valence-corrected chi connectivity index (χ3v) is 2.71. The molecule has 1 aliphatic rings. The zero-order valence-electron chi connectivity index (χ0n) is 8.85. The van der Waals surface area contributed by atoms with Crippen LogP contribution in [0.1, 0.15) is 31.7 Å². The van der Waals surface area contributed by atoms with Gasteiger partial charge in [-0.2, -0.15) is 4.98 Å². The molecule has 6 nitrogen and oxygen atoms in total. The summed E-state index contributed by atoms with van der Waals surface area (Å²) in [5, 5.41) is 16.1. The molecule has 1 aromatic heterocycles. The summed E-state index contributed by atoms with van der Waals surface area (Å²) >= 11 is 0. The lowest BCUT2D eigenvalue weighted by Crippen LogP contribution is -2.40. The van der Waals surface area contributed by atoms with Gasteiger partial charge in [-0.25, -0.2) is 0 Å². The first-order valence-electron chi connectivity index (χ1n) is 5.27. The van der Waals surface area contributed by atoms with Crippen molar-refractivity contribution in [2.45, 2.75) is 31.9 Å². The van der Waals surface area contributed by atoms with Crippen LogP contribution in [-0.4, -0.2) is 39.4 Å². The maximum absolute atomic E-state index is 9.31. The summed E-state index contributed by atoms with van der Waals surface area (Å²) in [6, 6.07) is 0.302. The van der Waals surface area contributed by atoms with Crippen LogP contribution in [0.3, 0.4) is 0 Å². The minimum atomic E-state index is -0.599. The van der Waals surface area contributed by atoms with Gasteiger partial charge < -0.3 is 15.7 Å². The number of aliphatic hydroxyl groups excluding tert-OH is 1.